The van der Waals surface area contributed by atoms with Gasteiger partial charge in [-0.15, -0.1) is 5.10 Å². The van der Waals surface area contributed by atoms with Crippen molar-refractivity contribution < 1.29 is 18.7 Å². The van der Waals surface area contributed by atoms with E-state index in [1.807, 2.05) is 0 Å². The normalized spacial score (nSPS) is 11.6. The molecule has 102 valence electrons. The van der Waals surface area contributed by atoms with Gasteiger partial charge >= 0.3 is 6.09 Å². The Morgan fingerprint density at radius 2 is 2.05 bits per heavy atom. The van der Waals surface area contributed by atoms with Crippen LogP contribution in [-0.4, -0.2) is 28.6 Å². The minimum absolute atomic E-state index is 0.242. The zero-order valence-corrected chi connectivity index (χ0v) is 11.2. The molecular formula is C13H15FN2O3. The average Bonchev–Trinajstić information content (AvgIpc) is 2.64. The highest BCUT2D eigenvalue weighted by Crippen LogP contribution is 2.23. The lowest BCUT2D eigenvalue weighted by molar-refractivity contribution is 0.0519. The first-order valence-corrected chi connectivity index (χ1v) is 5.77. The number of fused-ring (bicyclic) bond motifs is 1. The highest BCUT2D eigenvalue weighted by molar-refractivity contribution is 5.89. The molecule has 2 rings (SSSR count). The molecule has 0 saturated carbocycles. The summed E-state index contributed by atoms with van der Waals surface area (Å²) >= 11 is 0. The van der Waals surface area contributed by atoms with Crippen molar-refractivity contribution in [1.29, 1.82) is 0 Å². The van der Waals surface area contributed by atoms with Gasteiger partial charge in [0, 0.05) is 6.07 Å². The van der Waals surface area contributed by atoms with Crippen LogP contribution < -0.4 is 4.74 Å². The zero-order chi connectivity index (χ0) is 14.2. The monoisotopic (exact) mass is 266 g/mol. The Kier molecular flexibility index (Phi) is 3.18. The first-order valence-electron chi connectivity index (χ1n) is 5.77. The molecular weight excluding hydrogens is 251 g/mol. The number of halogens is 1. The lowest BCUT2D eigenvalue weighted by Gasteiger charge is -2.19. The minimum atomic E-state index is -0.727. The van der Waals surface area contributed by atoms with Crippen LogP contribution in [0.2, 0.25) is 0 Å². The van der Waals surface area contributed by atoms with E-state index in [-0.39, 0.29) is 5.39 Å². The average molecular weight is 266 g/mol. The van der Waals surface area contributed by atoms with Crippen LogP contribution in [0.3, 0.4) is 0 Å². The molecule has 0 bridgehead atoms. The highest BCUT2D eigenvalue weighted by atomic mass is 19.1. The van der Waals surface area contributed by atoms with Crippen LogP contribution >= 0.6 is 0 Å². The third-order valence-electron chi connectivity index (χ3n) is 2.41. The summed E-state index contributed by atoms with van der Waals surface area (Å²) in [6.45, 7) is 5.19. The maximum absolute atomic E-state index is 13.7. The van der Waals surface area contributed by atoms with Crippen molar-refractivity contribution in [3.05, 3.63) is 24.1 Å². The summed E-state index contributed by atoms with van der Waals surface area (Å²) in [6, 6.07) is 4.65. The van der Waals surface area contributed by atoms with Crippen LogP contribution in [0.1, 0.15) is 20.8 Å². The Hall–Kier alpha value is -2.11. The van der Waals surface area contributed by atoms with Gasteiger partial charge in [-0.3, -0.25) is 0 Å². The predicted octanol–water partition coefficient (Wildman–Crippen LogP) is 2.97. The SMILES string of the molecule is COc1ccc2c(F)nn(C(=O)OC(C)(C)C)c2c1. The molecule has 0 amide bonds. The first kappa shape index (κ1) is 13.3. The van der Waals surface area contributed by atoms with Gasteiger partial charge in [0.1, 0.15) is 11.4 Å². The van der Waals surface area contributed by atoms with Crippen molar-refractivity contribution in [3.8, 4) is 5.75 Å². The summed E-state index contributed by atoms with van der Waals surface area (Å²) in [7, 11) is 1.49. The van der Waals surface area contributed by atoms with Gasteiger partial charge in [-0.25, -0.2) is 4.79 Å². The van der Waals surface area contributed by atoms with Crippen molar-refractivity contribution >= 4 is 17.0 Å². The van der Waals surface area contributed by atoms with Crippen molar-refractivity contribution in [3.63, 3.8) is 0 Å². The highest BCUT2D eigenvalue weighted by Gasteiger charge is 2.22. The molecule has 0 atom stereocenters. The molecule has 0 unspecified atom stereocenters. The molecule has 1 aromatic heterocycles. The van der Waals surface area contributed by atoms with Gasteiger partial charge in [-0.2, -0.15) is 9.07 Å². The van der Waals surface area contributed by atoms with Crippen molar-refractivity contribution in [2.75, 3.05) is 7.11 Å². The smallest absolute Gasteiger partial charge is 0.435 e. The number of ether oxygens (including phenoxy) is 2. The molecule has 6 heteroatoms. The first-order chi connectivity index (χ1) is 8.81. The summed E-state index contributed by atoms with van der Waals surface area (Å²) in [6.07, 6.45) is -0.727. The fourth-order valence-corrected chi connectivity index (χ4v) is 1.63. The van der Waals surface area contributed by atoms with E-state index in [1.165, 1.54) is 19.2 Å². The summed E-state index contributed by atoms with van der Waals surface area (Å²) < 4.78 is 24.8. The molecule has 19 heavy (non-hydrogen) atoms. The molecule has 2 aromatic rings. The summed E-state index contributed by atoms with van der Waals surface area (Å²) in [5, 5.41) is 3.81. The molecule has 5 nitrogen and oxygen atoms in total. The standard InChI is InChI=1S/C13H15FN2O3/c1-13(2,3)19-12(17)16-10-7-8(18-4)5-6-9(10)11(14)15-16/h5-7H,1-4H3. The van der Waals surface area contributed by atoms with E-state index >= 15 is 0 Å². The van der Waals surface area contributed by atoms with E-state index in [1.54, 1.807) is 26.8 Å². The van der Waals surface area contributed by atoms with Crippen LogP contribution in [0.4, 0.5) is 9.18 Å². The lowest BCUT2D eigenvalue weighted by atomic mass is 10.2. The van der Waals surface area contributed by atoms with Gasteiger partial charge < -0.3 is 9.47 Å². The molecule has 0 N–H and O–H groups in total. The third kappa shape index (κ3) is 2.67. The number of carbonyl (C=O) groups excluding carboxylic acids is 1. The molecule has 0 spiro atoms. The number of carbonyl (C=O) groups is 1. The molecule has 1 heterocycles. The van der Waals surface area contributed by atoms with Gasteiger partial charge in [-0.1, -0.05) is 0 Å². The van der Waals surface area contributed by atoms with Crippen LogP contribution in [-0.2, 0) is 4.74 Å². The van der Waals surface area contributed by atoms with E-state index in [4.69, 9.17) is 9.47 Å². The third-order valence-corrected chi connectivity index (χ3v) is 2.41. The molecule has 0 aliphatic carbocycles. The largest absolute Gasteiger partial charge is 0.497 e. The van der Waals surface area contributed by atoms with Crippen LogP contribution in [0, 0.1) is 5.95 Å². The van der Waals surface area contributed by atoms with E-state index < -0.39 is 17.6 Å². The number of rotatable bonds is 1. The number of hydrogen-bond acceptors (Lipinski definition) is 4. The van der Waals surface area contributed by atoms with Gasteiger partial charge in [-0.05, 0) is 32.9 Å². The Morgan fingerprint density at radius 1 is 1.37 bits per heavy atom. The van der Waals surface area contributed by atoms with E-state index in [2.05, 4.69) is 5.10 Å². The number of methoxy groups -OCH3 is 1. The zero-order valence-electron chi connectivity index (χ0n) is 11.2. The minimum Gasteiger partial charge on any atom is -0.497 e. The maximum atomic E-state index is 13.7. The molecule has 0 aliphatic heterocycles. The number of hydrogen-bond donors (Lipinski definition) is 0. The topological polar surface area (TPSA) is 53.4 Å². The van der Waals surface area contributed by atoms with E-state index in [9.17, 15) is 9.18 Å². The van der Waals surface area contributed by atoms with Crippen molar-refractivity contribution in [2.45, 2.75) is 26.4 Å². The number of aromatic nitrogens is 2. The van der Waals surface area contributed by atoms with Gasteiger partial charge in [0.15, 0.2) is 0 Å². The second kappa shape index (κ2) is 4.53. The number of nitrogens with zero attached hydrogens (tertiary/aromatic N) is 2. The fourth-order valence-electron chi connectivity index (χ4n) is 1.63. The van der Waals surface area contributed by atoms with E-state index in [0.29, 0.717) is 11.3 Å². The van der Waals surface area contributed by atoms with Crippen LogP contribution in [0.25, 0.3) is 10.9 Å². The summed E-state index contributed by atoms with van der Waals surface area (Å²) in [4.78, 5) is 12.0. The Labute approximate surface area is 109 Å². The van der Waals surface area contributed by atoms with E-state index in [0.717, 1.165) is 4.68 Å². The molecule has 1 aromatic carbocycles. The summed E-state index contributed by atoms with van der Waals surface area (Å²) in [5.74, 6) is -0.208. The molecule has 0 aliphatic rings. The summed E-state index contributed by atoms with van der Waals surface area (Å²) in [5.41, 5.74) is -0.365. The van der Waals surface area contributed by atoms with Gasteiger partial charge in [0.25, 0.3) is 0 Å². The Bertz CT molecular complexity index is 629. The second-order valence-electron chi connectivity index (χ2n) is 5.07. The molecule has 0 saturated heterocycles. The quantitative estimate of drug-likeness (QED) is 0.796. The van der Waals surface area contributed by atoms with Crippen molar-refractivity contribution in [1.82, 2.24) is 9.78 Å². The van der Waals surface area contributed by atoms with Crippen molar-refractivity contribution in [2.24, 2.45) is 0 Å². The predicted molar refractivity (Wildman–Crippen MR) is 67.9 cm³/mol. The van der Waals surface area contributed by atoms with Gasteiger partial charge in [0.05, 0.1) is 18.0 Å². The van der Waals surface area contributed by atoms with Crippen LogP contribution in [0.5, 0.6) is 5.75 Å². The van der Waals surface area contributed by atoms with Gasteiger partial charge in [0.2, 0.25) is 5.95 Å². The molecule has 0 fully saturated rings. The lowest BCUT2D eigenvalue weighted by Crippen LogP contribution is -2.27. The Morgan fingerprint density at radius 3 is 2.63 bits per heavy atom. The Balaban J connectivity index is 2.51. The van der Waals surface area contributed by atoms with Crippen LogP contribution in [0.15, 0.2) is 18.2 Å². The maximum Gasteiger partial charge on any atom is 0.435 e. The fraction of sp³-hybridized carbons (Fsp3) is 0.385. The molecule has 0 radical (unpaired) electrons. The second-order valence-corrected chi connectivity index (χ2v) is 5.07. The number of benzene rings is 1.